The average Bonchev–Trinajstić information content (AvgIpc) is 3.28. The predicted octanol–water partition coefficient (Wildman–Crippen LogP) is 2.30. The van der Waals surface area contributed by atoms with E-state index >= 15 is 0 Å². The van der Waals surface area contributed by atoms with Crippen LogP contribution in [0.3, 0.4) is 0 Å². The molecule has 2 unspecified atom stereocenters. The van der Waals surface area contributed by atoms with Crippen LogP contribution >= 0.6 is 11.3 Å². The van der Waals surface area contributed by atoms with E-state index in [-0.39, 0.29) is 11.9 Å². The molecule has 8 heteroatoms. The summed E-state index contributed by atoms with van der Waals surface area (Å²) in [6, 6.07) is 1.58. The van der Waals surface area contributed by atoms with Gasteiger partial charge in [0.1, 0.15) is 5.82 Å². The van der Waals surface area contributed by atoms with Gasteiger partial charge in [0, 0.05) is 49.2 Å². The van der Waals surface area contributed by atoms with E-state index in [4.69, 9.17) is 4.74 Å². The molecular formula is C15H21N5O2S. The van der Waals surface area contributed by atoms with E-state index in [0.717, 1.165) is 31.2 Å². The topological polar surface area (TPSA) is 81.1 Å². The Hall–Kier alpha value is -1.93. The molecule has 1 fully saturated rings. The molecule has 1 saturated heterocycles. The molecule has 2 N–H and O–H groups in total. The van der Waals surface area contributed by atoms with E-state index < -0.39 is 0 Å². The van der Waals surface area contributed by atoms with Crippen molar-refractivity contribution in [2.45, 2.75) is 25.8 Å². The first-order valence-corrected chi connectivity index (χ1v) is 8.64. The number of carbonyl (C=O) groups is 1. The van der Waals surface area contributed by atoms with E-state index in [9.17, 15) is 4.79 Å². The molecule has 0 radical (unpaired) electrons. The summed E-state index contributed by atoms with van der Waals surface area (Å²) in [5.41, 5.74) is 0. The fourth-order valence-corrected chi connectivity index (χ4v) is 3.23. The largest absolute Gasteiger partial charge is 0.381 e. The van der Waals surface area contributed by atoms with Gasteiger partial charge < -0.3 is 10.1 Å². The number of anilines is 1. The lowest BCUT2D eigenvalue weighted by Crippen LogP contribution is -2.32. The molecule has 0 spiro atoms. The Morgan fingerprint density at radius 2 is 2.48 bits per heavy atom. The predicted molar refractivity (Wildman–Crippen MR) is 88.7 cm³/mol. The molecule has 0 saturated carbocycles. The first kappa shape index (κ1) is 15.9. The molecule has 2 aromatic rings. The summed E-state index contributed by atoms with van der Waals surface area (Å²) in [6.07, 6.45) is 4.52. The van der Waals surface area contributed by atoms with Crippen LogP contribution < -0.4 is 10.6 Å². The standard InChI is InChI=1S/C15H21N5O2S/c1-11(14-16-5-7-23-14)8-17-15(21)19-13-2-4-18-20(13)9-12-3-6-22-10-12/h2,4-5,7,11-12H,3,6,8-10H2,1H3,(H2,17,19,21). The maximum Gasteiger partial charge on any atom is 0.320 e. The van der Waals surface area contributed by atoms with Crippen molar-refractivity contribution in [3.63, 3.8) is 0 Å². The number of urea groups is 1. The smallest absolute Gasteiger partial charge is 0.320 e. The van der Waals surface area contributed by atoms with Crippen molar-refractivity contribution in [1.82, 2.24) is 20.1 Å². The van der Waals surface area contributed by atoms with E-state index in [1.807, 2.05) is 17.0 Å². The molecule has 2 atom stereocenters. The van der Waals surface area contributed by atoms with Crippen LogP contribution in [-0.4, -0.2) is 40.6 Å². The number of carbonyl (C=O) groups excluding carboxylic acids is 1. The fraction of sp³-hybridized carbons (Fsp3) is 0.533. The molecule has 124 valence electrons. The van der Waals surface area contributed by atoms with Gasteiger partial charge in [-0.1, -0.05) is 6.92 Å². The molecule has 1 aliphatic heterocycles. The van der Waals surface area contributed by atoms with E-state index in [2.05, 4.69) is 20.7 Å². The third-order valence-corrected chi connectivity index (χ3v) is 4.86. The Morgan fingerprint density at radius 1 is 1.57 bits per heavy atom. The first-order chi connectivity index (χ1) is 11.2. The van der Waals surface area contributed by atoms with Gasteiger partial charge in [0.05, 0.1) is 17.8 Å². The average molecular weight is 335 g/mol. The number of hydrogen-bond acceptors (Lipinski definition) is 5. The molecule has 3 heterocycles. The van der Waals surface area contributed by atoms with Crippen LogP contribution in [-0.2, 0) is 11.3 Å². The molecule has 0 bridgehead atoms. The minimum atomic E-state index is -0.224. The Bertz CT molecular complexity index is 622. The van der Waals surface area contributed by atoms with Gasteiger partial charge in [-0.25, -0.2) is 14.5 Å². The molecule has 0 aromatic carbocycles. The number of hydrogen-bond donors (Lipinski definition) is 2. The quantitative estimate of drug-likeness (QED) is 0.849. The zero-order valence-corrected chi connectivity index (χ0v) is 13.9. The van der Waals surface area contributed by atoms with Crippen molar-refractivity contribution in [3.05, 3.63) is 28.8 Å². The van der Waals surface area contributed by atoms with Crippen molar-refractivity contribution >= 4 is 23.2 Å². The highest BCUT2D eigenvalue weighted by atomic mass is 32.1. The van der Waals surface area contributed by atoms with Gasteiger partial charge in [-0.05, 0) is 6.42 Å². The Labute approximate surface area is 139 Å². The third-order valence-electron chi connectivity index (χ3n) is 3.86. The number of aromatic nitrogens is 3. The summed E-state index contributed by atoms with van der Waals surface area (Å²) in [7, 11) is 0. The van der Waals surface area contributed by atoms with Crippen LogP contribution in [0.1, 0.15) is 24.3 Å². The number of nitrogens with zero attached hydrogens (tertiary/aromatic N) is 3. The van der Waals surface area contributed by atoms with Crippen LogP contribution in [0, 0.1) is 5.92 Å². The number of nitrogens with one attached hydrogen (secondary N) is 2. The molecule has 3 rings (SSSR count). The monoisotopic (exact) mass is 335 g/mol. The second kappa shape index (κ2) is 7.56. The van der Waals surface area contributed by atoms with Crippen LogP contribution in [0.15, 0.2) is 23.8 Å². The fourth-order valence-electron chi connectivity index (χ4n) is 2.53. The summed E-state index contributed by atoms with van der Waals surface area (Å²) in [4.78, 5) is 16.3. The van der Waals surface area contributed by atoms with Crippen molar-refractivity contribution in [3.8, 4) is 0 Å². The first-order valence-electron chi connectivity index (χ1n) is 7.76. The molecule has 0 aliphatic carbocycles. The van der Waals surface area contributed by atoms with Crippen LogP contribution in [0.2, 0.25) is 0 Å². The van der Waals surface area contributed by atoms with Gasteiger partial charge in [0.2, 0.25) is 0 Å². The second-order valence-electron chi connectivity index (χ2n) is 5.73. The Morgan fingerprint density at radius 3 is 3.22 bits per heavy atom. The van der Waals surface area contributed by atoms with Crippen molar-refractivity contribution in [2.24, 2.45) is 5.92 Å². The summed E-state index contributed by atoms with van der Waals surface area (Å²) >= 11 is 1.60. The zero-order valence-electron chi connectivity index (χ0n) is 13.1. The van der Waals surface area contributed by atoms with E-state index in [1.54, 1.807) is 29.8 Å². The minimum absolute atomic E-state index is 0.196. The zero-order chi connectivity index (χ0) is 16.1. The van der Waals surface area contributed by atoms with Gasteiger partial charge >= 0.3 is 6.03 Å². The lowest BCUT2D eigenvalue weighted by Gasteiger charge is -2.14. The van der Waals surface area contributed by atoms with Gasteiger partial charge in [0.15, 0.2) is 0 Å². The van der Waals surface area contributed by atoms with E-state index in [0.29, 0.717) is 18.3 Å². The maximum absolute atomic E-state index is 12.1. The molecule has 23 heavy (non-hydrogen) atoms. The Balaban J connectivity index is 1.49. The van der Waals surface area contributed by atoms with Crippen LogP contribution in [0.5, 0.6) is 0 Å². The van der Waals surface area contributed by atoms with Gasteiger partial charge in [-0.15, -0.1) is 11.3 Å². The van der Waals surface area contributed by atoms with Crippen molar-refractivity contribution in [2.75, 3.05) is 25.1 Å². The SMILES string of the molecule is CC(CNC(=O)Nc1ccnn1CC1CCOC1)c1nccs1. The molecule has 2 aromatic heterocycles. The number of rotatable bonds is 6. The van der Waals surface area contributed by atoms with Gasteiger partial charge in [-0.2, -0.15) is 5.10 Å². The molecule has 1 aliphatic rings. The highest BCUT2D eigenvalue weighted by molar-refractivity contribution is 7.09. The third kappa shape index (κ3) is 4.29. The second-order valence-corrected chi connectivity index (χ2v) is 6.66. The van der Waals surface area contributed by atoms with Gasteiger partial charge in [0.25, 0.3) is 0 Å². The van der Waals surface area contributed by atoms with Gasteiger partial charge in [-0.3, -0.25) is 5.32 Å². The normalized spacial score (nSPS) is 18.7. The van der Waals surface area contributed by atoms with Crippen LogP contribution in [0.4, 0.5) is 10.6 Å². The van der Waals surface area contributed by atoms with Crippen molar-refractivity contribution < 1.29 is 9.53 Å². The summed E-state index contributed by atoms with van der Waals surface area (Å²) in [6.45, 7) is 4.92. The molecular weight excluding hydrogens is 314 g/mol. The highest BCUT2D eigenvalue weighted by Gasteiger charge is 2.18. The summed E-state index contributed by atoms with van der Waals surface area (Å²) in [5.74, 6) is 1.36. The Kier molecular flexibility index (Phi) is 5.24. The van der Waals surface area contributed by atoms with Crippen LogP contribution in [0.25, 0.3) is 0 Å². The minimum Gasteiger partial charge on any atom is -0.381 e. The lowest BCUT2D eigenvalue weighted by atomic mass is 10.1. The maximum atomic E-state index is 12.1. The van der Waals surface area contributed by atoms with E-state index in [1.165, 1.54) is 0 Å². The number of ether oxygens (including phenoxy) is 1. The summed E-state index contributed by atoms with van der Waals surface area (Å²) < 4.78 is 7.20. The number of thiazole rings is 1. The highest BCUT2D eigenvalue weighted by Crippen LogP contribution is 2.18. The lowest BCUT2D eigenvalue weighted by molar-refractivity contribution is 0.181. The van der Waals surface area contributed by atoms with Crippen molar-refractivity contribution in [1.29, 1.82) is 0 Å². The summed E-state index contributed by atoms with van der Waals surface area (Å²) in [5, 5.41) is 13.0. The molecule has 2 amide bonds. The molecule has 7 nitrogen and oxygen atoms in total. The number of amides is 2.